The Hall–Kier alpha value is -0.860. The second-order valence-corrected chi connectivity index (χ2v) is 8.36. The highest BCUT2D eigenvalue weighted by Crippen LogP contribution is 2.61. The van der Waals surface area contributed by atoms with Gasteiger partial charge in [0, 0.05) is 32.8 Å². The van der Waals surface area contributed by atoms with Crippen molar-refractivity contribution in [1.29, 1.82) is 0 Å². The van der Waals surface area contributed by atoms with Crippen molar-refractivity contribution in [2.45, 2.75) is 44.3 Å². The second-order valence-electron chi connectivity index (χ2n) is 8.36. The van der Waals surface area contributed by atoms with Gasteiger partial charge >= 0.3 is 0 Å². The van der Waals surface area contributed by atoms with E-state index in [4.69, 9.17) is 14.5 Å². The molecule has 5 atom stereocenters. The van der Waals surface area contributed by atoms with E-state index in [1.165, 1.54) is 6.42 Å². The molecule has 5 unspecified atom stereocenters. The SMILES string of the molecule is CCNC(=NCC1C2Cc3ccccc3C12)N1CCOC(C2CCCO2)C1.I. The van der Waals surface area contributed by atoms with Crippen molar-refractivity contribution in [3.8, 4) is 0 Å². The molecule has 2 aliphatic heterocycles. The molecule has 2 heterocycles. The van der Waals surface area contributed by atoms with Gasteiger partial charge in [-0.1, -0.05) is 24.3 Å². The van der Waals surface area contributed by atoms with Crippen molar-refractivity contribution < 1.29 is 9.47 Å². The van der Waals surface area contributed by atoms with Crippen molar-refractivity contribution in [3.63, 3.8) is 0 Å². The molecule has 1 N–H and O–H groups in total. The van der Waals surface area contributed by atoms with Crippen LogP contribution in [0.1, 0.15) is 36.8 Å². The quantitative estimate of drug-likeness (QED) is 0.395. The van der Waals surface area contributed by atoms with Crippen molar-refractivity contribution in [1.82, 2.24) is 10.2 Å². The molecule has 4 aliphatic rings. The number of halogens is 1. The predicted molar refractivity (Wildman–Crippen MR) is 122 cm³/mol. The fourth-order valence-corrected chi connectivity index (χ4v) is 5.34. The number of aliphatic imine (C=N–C) groups is 1. The van der Waals surface area contributed by atoms with Gasteiger partial charge in [-0.25, -0.2) is 0 Å². The molecule has 5 nitrogen and oxygen atoms in total. The Labute approximate surface area is 185 Å². The van der Waals surface area contributed by atoms with Gasteiger partial charge < -0.3 is 19.7 Å². The number of morpholine rings is 1. The Morgan fingerprint density at radius 1 is 1.21 bits per heavy atom. The lowest BCUT2D eigenvalue weighted by Crippen LogP contribution is -2.53. The van der Waals surface area contributed by atoms with E-state index in [1.807, 2.05) is 0 Å². The highest BCUT2D eigenvalue weighted by Gasteiger charge is 2.55. The molecule has 0 radical (unpaired) electrons. The molecule has 3 fully saturated rings. The standard InChI is InChI=1S/C22H31N3O2.HI/c1-2-23-22(25-9-11-27-20(14-25)19-8-5-10-26-19)24-13-18-17-12-15-6-3-4-7-16(15)21(17)18;/h3-4,6-7,17-21H,2,5,8-14H2,1H3,(H,23,24);1H. The van der Waals surface area contributed by atoms with Crippen LogP contribution in [-0.4, -0.2) is 62.5 Å². The number of guanidine groups is 1. The molecule has 0 amide bonds. The van der Waals surface area contributed by atoms with Crippen molar-refractivity contribution >= 4 is 29.9 Å². The van der Waals surface area contributed by atoms with E-state index in [0.717, 1.165) is 75.9 Å². The van der Waals surface area contributed by atoms with Gasteiger partial charge in [-0.15, -0.1) is 24.0 Å². The Morgan fingerprint density at radius 3 is 2.89 bits per heavy atom. The van der Waals surface area contributed by atoms with Crippen molar-refractivity contribution in [2.24, 2.45) is 16.8 Å². The number of hydrogen-bond donors (Lipinski definition) is 1. The summed E-state index contributed by atoms with van der Waals surface area (Å²) in [6.07, 6.45) is 3.96. The number of fused-ring (bicyclic) bond motifs is 3. The summed E-state index contributed by atoms with van der Waals surface area (Å²) in [5.74, 6) is 3.35. The van der Waals surface area contributed by atoms with E-state index < -0.39 is 0 Å². The van der Waals surface area contributed by atoms with Crippen LogP contribution in [0.15, 0.2) is 29.3 Å². The lowest BCUT2D eigenvalue weighted by molar-refractivity contribution is -0.0817. The molecular weight excluding hydrogens is 465 g/mol. The van der Waals surface area contributed by atoms with E-state index >= 15 is 0 Å². The van der Waals surface area contributed by atoms with Crippen LogP contribution in [0.2, 0.25) is 0 Å². The first-order valence-electron chi connectivity index (χ1n) is 10.7. The van der Waals surface area contributed by atoms with Crippen LogP contribution in [0.3, 0.4) is 0 Å². The largest absolute Gasteiger partial charge is 0.375 e. The average Bonchev–Trinajstić information content (AvgIpc) is 3.08. The number of nitrogens with zero attached hydrogens (tertiary/aromatic N) is 2. The van der Waals surface area contributed by atoms with E-state index in [-0.39, 0.29) is 36.2 Å². The molecular formula is C22H32IN3O2. The Morgan fingerprint density at radius 2 is 2.07 bits per heavy atom. The molecule has 0 bridgehead atoms. The van der Waals surface area contributed by atoms with Gasteiger partial charge in [0.2, 0.25) is 0 Å². The van der Waals surface area contributed by atoms with Gasteiger partial charge in [-0.2, -0.15) is 0 Å². The minimum absolute atomic E-state index is 0. The van der Waals surface area contributed by atoms with Crippen LogP contribution in [0.5, 0.6) is 0 Å². The Balaban J connectivity index is 0.00000192. The third-order valence-electron chi connectivity index (χ3n) is 6.76. The number of ether oxygens (including phenoxy) is 2. The van der Waals surface area contributed by atoms with Gasteiger partial charge in [0.15, 0.2) is 5.96 Å². The van der Waals surface area contributed by atoms with Gasteiger partial charge in [0.25, 0.3) is 0 Å². The van der Waals surface area contributed by atoms with E-state index in [2.05, 4.69) is 41.4 Å². The summed E-state index contributed by atoms with van der Waals surface area (Å²) in [6, 6.07) is 8.97. The van der Waals surface area contributed by atoms with Gasteiger partial charge in [-0.3, -0.25) is 4.99 Å². The fraction of sp³-hybridized carbons (Fsp3) is 0.682. The van der Waals surface area contributed by atoms with Crippen molar-refractivity contribution in [3.05, 3.63) is 35.4 Å². The monoisotopic (exact) mass is 497 g/mol. The zero-order valence-electron chi connectivity index (χ0n) is 16.7. The lowest BCUT2D eigenvalue weighted by Gasteiger charge is -2.37. The molecule has 1 saturated carbocycles. The van der Waals surface area contributed by atoms with Gasteiger partial charge in [-0.05, 0) is 55.1 Å². The minimum atomic E-state index is 0. The maximum Gasteiger partial charge on any atom is 0.194 e. The van der Waals surface area contributed by atoms with Crippen molar-refractivity contribution in [2.75, 3.05) is 39.4 Å². The maximum atomic E-state index is 6.01. The molecule has 28 heavy (non-hydrogen) atoms. The summed E-state index contributed by atoms with van der Waals surface area (Å²) in [5, 5.41) is 3.51. The zero-order chi connectivity index (χ0) is 18.2. The molecule has 1 aromatic rings. The van der Waals surface area contributed by atoms with Crippen LogP contribution in [0, 0.1) is 11.8 Å². The summed E-state index contributed by atoms with van der Waals surface area (Å²) in [4.78, 5) is 7.43. The number of rotatable bonds is 4. The third-order valence-corrected chi connectivity index (χ3v) is 6.76. The maximum absolute atomic E-state index is 6.01. The summed E-state index contributed by atoms with van der Waals surface area (Å²) >= 11 is 0. The van der Waals surface area contributed by atoms with Gasteiger partial charge in [0.05, 0.1) is 12.7 Å². The van der Waals surface area contributed by atoms with Crippen LogP contribution in [0.25, 0.3) is 0 Å². The molecule has 0 aromatic heterocycles. The van der Waals surface area contributed by atoms with E-state index in [1.54, 1.807) is 11.1 Å². The lowest BCUT2D eigenvalue weighted by atomic mass is 10.0. The normalized spacial score (nSPS) is 33.8. The summed E-state index contributed by atoms with van der Waals surface area (Å²) in [7, 11) is 0. The topological polar surface area (TPSA) is 46.1 Å². The summed E-state index contributed by atoms with van der Waals surface area (Å²) < 4.78 is 11.9. The van der Waals surface area contributed by atoms with Crippen LogP contribution in [-0.2, 0) is 15.9 Å². The Kier molecular flexibility index (Phi) is 6.47. The number of hydrogen-bond acceptors (Lipinski definition) is 3. The summed E-state index contributed by atoms with van der Waals surface area (Å²) in [5.41, 5.74) is 3.14. The first kappa shape index (κ1) is 20.4. The predicted octanol–water partition coefficient (Wildman–Crippen LogP) is 3.04. The minimum Gasteiger partial charge on any atom is -0.375 e. The molecule has 5 rings (SSSR count). The van der Waals surface area contributed by atoms with E-state index in [9.17, 15) is 0 Å². The molecule has 2 aliphatic carbocycles. The smallest absolute Gasteiger partial charge is 0.194 e. The first-order valence-corrected chi connectivity index (χ1v) is 10.7. The molecule has 6 heteroatoms. The highest BCUT2D eigenvalue weighted by atomic mass is 127. The van der Waals surface area contributed by atoms with Crippen LogP contribution < -0.4 is 5.32 Å². The number of benzene rings is 1. The molecule has 1 aromatic carbocycles. The zero-order valence-corrected chi connectivity index (χ0v) is 19.0. The number of nitrogens with one attached hydrogen (secondary N) is 1. The molecule has 2 saturated heterocycles. The van der Waals surface area contributed by atoms with Crippen LogP contribution >= 0.6 is 24.0 Å². The average molecular weight is 497 g/mol. The summed E-state index contributed by atoms with van der Waals surface area (Å²) in [6.45, 7) is 7.43. The third kappa shape index (κ3) is 3.92. The van der Waals surface area contributed by atoms with Crippen LogP contribution in [0.4, 0.5) is 0 Å². The Bertz CT molecular complexity index is 707. The first-order chi connectivity index (χ1) is 13.3. The molecule has 154 valence electrons. The molecule has 0 spiro atoms. The van der Waals surface area contributed by atoms with E-state index in [0.29, 0.717) is 0 Å². The van der Waals surface area contributed by atoms with Gasteiger partial charge in [0.1, 0.15) is 6.10 Å². The fourth-order valence-electron chi connectivity index (χ4n) is 5.34. The highest BCUT2D eigenvalue weighted by molar-refractivity contribution is 14.0. The second kappa shape index (κ2) is 8.88.